The second-order valence-corrected chi connectivity index (χ2v) is 6.87. The van der Waals surface area contributed by atoms with E-state index in [0.29, 0.717) is 0 Å². The van der Waals surface area contributed by atoms with Gasteiger partial charge in [0.15, 0.2) is 0 Å². The minimum atomic E-state index is -0.128. The largest absolute Gasteiger partial charge is 0.325 e. The third kappa shape index (κ3) is 6.46. The Morgan fingerprint density at radius 2 is 1.52 bits per heavy atom. The summed E-state index contributed by atoms with van der Waals surface area (Å²) >= 11 is 4.63. The van der Waals surface area contributed by atoms with Crippen molar-refractivity contribution in [3.63, 3.8) is 0 Å². The van der Waals surface area contributed by atoms with Crippen molar-refractivity contribution in [3.05, 3.63) is 58.6 Å². The van der Waals surface area contributed by atoms with Gasteiger partial charge in [0.05, 0.1) is 11.5 Å². The van der Waals surface area contributed by atoms with Gasteiger partial charge in [-0.2, -0.15) is 0 Å². The summed E-state index contributed by atoms with van der Waals surface area (Å²) in [5.74, 6) is 0.223. The molecule has 0 radical (unpaired) electrons. The van der Waals surface area contributed by atoms with E-state index in [9.17, 15) is 9.59 Å². The highest BCUT2D eigenvalue weighted by Crippen LogP contribution is 2.16. The van der Waals surface area contributed by atoms with Gasteiger partial charge in [-0.3, -0.25) is 9.59 Å². The fourth-order valence-corrected chi connectivity index (χ4v) is 2.94. The maximum Gasteiger partial charge on any atom is 0.234 e. The van der Waals surface area contributed by atoms with Gasteiger partial charge in [-0.25, -0.2) is 0 Å². The van der Waals surface area contributed by atoms with Crippen molar-refractivity contribution in [1.29, 1.82) is 0 Å². The molecule has 0 aromatic heterocycles. The minimum absolute atomic E-state index is 0.115. The molecule has 23 heavy (non-hydrogen) atoms. The zero-order chi connectivity index (χ0) is 16.7. The Morgan fingerprint density at radius 3 is 2.09 bits per heavy atom. The molecule has 6 heteroatoms. The van der Waals surface area contributed by atoms with Crippen molar-refractivity contribution < 1.29 is 9.59 Å². The number of hydrogen-bond acceptors (Lipinski definition) is 3. The Balaban J connectivity index is 1.71. The standard InChI is InChI=1S/C17H17BrN2O2S/c1-12-4-2-6-14(8-12)19-16(21)10-23-11-17(22)20-15-7-3-5-13(18)9-15/h2-9H,10-11H2,1H3,(H,19,21)(H,20,22). The number of carbonyl (C=O) groups excluding carboxylic acids is 2. The second-order valence-electron chi connectivity index (χ2n) is 4.97. The normalized spacial score (nSPS) is 10.2. The molecule has 2 aromatic rings. The first-order valence-corrected chi connectivity index (χ1v) is 8.97. The van der Waals surface area contributed by atoms with Crippen molar-refractivity contribution in [3.8, 4) is 0 Å². The number of hydrogen-bond donors (Lipinski definition) is 2. The third-order valence-electron chi connectivity index (χ3n) is 2.88. The van der Waals surface area contributed by atoms with Gasteiger partial charge >= 0.3 is 0 Å². The molecule has 0 aliphatic carbocycles. The van der Waals surface area contributed by atoms with Crippen LogP contribution < -0.4 is 10.6 Å². The Kier molecular flexibility index (Phi) is 6.67. The van der Waals surface area contributed by atoms with Gasteiger partial charge in [0.1, 0.15) is 0 Å². The molecule has 0 saturated carbocycles. The highest BCUT2D eigenvalue weighted by atomic mass is 79.9. The number of carbonyl (C=O) groups is 2. The van der Waals surface area contributed by atoms with Gasteiger partial charge in [-0.05, 0) is 42.8 Å². The first-order chi connectivity index (χ1) is 11.0. The smallest absolute Gasteiger partial charge is 0.234 e. The summed E-state index contributed by atoms with van der Waals surface area (Å²) < 4.78 is 0.903. The Hall–Kier alpha value is -1.79. The van der Waals surface area contributed by atoms with Gasteiger partial charge in [0, 0.05) is 15.8 Å². The quantitative estimate of drug-likeness (QED) is 0.778. The molecule has 0 heterocycles. The number of rotatable bonds is 6. The molecular weight excluding hydrogens is 376 g/mol. The average Bonchev–Trinajstić information content (AvgIpc) is 2.47. The summed E-state index contributed by atoms with van der Waals surface area (Å²) in [5.41, 5.74) is 2.59. The fourth-order valence-electron chi connectivity index (χ4n) is 1.92. The highest BCUT2D eigenvalue weighted by molar-refractivity contribution is 9.10. The molecule has 2 rings (SSSR count). The van der Waals surface area contributed by atoms with Gasteiger partial charge in [-0.15, -0.1) is 11.8 Å². The molecule has 120 valence electrons. The lowest BCUT2D eigenvalue weighted by atomic mass is 10.2. The molecule has 4 nitrogen and oxygen atoms in total. The maximum absolute atomic E-state index is 11.8. The van der Waals surface area contributed by atoms with Crippen LogP contribution in [0.5, 0.6) is 0 Å². The van der Waals surface area contributed by atoms with Crippen LogP contribution in [0.4, 0.5) is 11.4 Å². The fraction of sp³-hybridized carbons (Fsp3) is 0.176. The predicted octanol–water partition coefficient (Wildman–Crippen LogP) is 4.07. The molecule has 0 spiro atoms. The highest BCUT2D eigenvalue weighted by Gasteiger charge is 2.07. The van der Waals surface area contributed by atoms with Crippen molar-refractivity contribution >= 4 is 50.9 Å². The maximum atomic E-state index is 11.8. The van der Waals surface area contributed by atoms with Gasteiger partial charge in [0.25, 0.3) is 0 Å². The summed E-state index contributed by atoms with van der Waals surface area (Å²) in [6.45, 7) is 1.97. The first kappa shape index (κ1) is 17.6. The van der Waals surface area contributed by atoms with Gasteiger partial charge in [0.2, 0.25) is 11.8 Å². The average molecular weight is 393 g/mol. The number of halogens is 1. The Labute approximate surface area is 148 Å². The molecule has 2 amide bonds. The monoisotopic (exact) mass is 392 g/mol. The first-order valence-electron chi connectivity index (χ1n) is 7.02. The molecule has 0 fully saturated rings. The third-order valence-corrected chi connectivity index (χ3v) is 4.30. The van der Waals surface area contributed by atoms with Crippen LogP contribution in [0.15, 0.2) is 53.0 Å². The predicted molar refractivity (Wildman–Crippen MR) is 99.9 cm³/mol. The minimum Gasteiger partial charge on any atom is -0.325 e. The van der Waals surface area contributed by atoms with Crippen LogP contribution in [0.3, 0.4) is 0 Å². The van der Waals surface area contributed by atoms with Crippen LogP contribution in [0.2, 0.25) is 0 Å². The molecule has 0 aliphatic heterocycles. The van der Waals surface area contributed by atoms with E-state index in [4.69, 9.17) is 0 Å². The molecule has 0 aliphatic rings. The van der Waals surface area contributed by atoms with Gasteiger partial charge < -0.3 is 10.6 Å². The SMILES string of the molecule is Cc1cccc(NC(=O)CSCC(=O)Nc2cccc(Br)c2)c1. The number of thioether (sulfide) groups is 1. The number of anilines is 2. The zero-order valence-corrected chi connectivity index (χ0v) is 15.0. The van der Waals surface area contributed by atoms with Crippen LogP contribution in [0, 0.1) is 6.92 Å². The van der Waals surface area contributed by atoms with E-state index in [-0.39, 0.29) is 23.3 Å². The summed E-state index contributed by atoms with van der Waals surface area (Å²) in [6, 6.07) is 15.0. The van der Waals surface area contributed by atoms with E-state index in [1.54, 1.807) is 0 Å². The van der Waals surface area contributed by atoms with Crippen LogP contribution in [-0.2, 0) is 9.59 Å². The van der Waals surface area contributed by atoms with Crippen LogP contribution >= 0.6 is 27.7 Å². The summed E-state index contributed by atoms with van der Waals surface area (Å²) in [5, 5.41) is 5.61. The van der Waals surface area contributed by atoms with E-state index < -0.39 is 0 Å². The van der Waals surface area contributed by atoms with E-state index in [0.717, 1.165) is 21.4 Å². The molecule has 0 unspecified atom stereocenters. The second kappa shape index (κ2) is 8.74. The van der Waals surface area contributed by atoms with Crippen molar-refractivity contribution in [2.24, 2.45) is 0 Å². The summed E-state index contributed by atoms with van der Waals surface area (Å²) in [6.07, 6.45) is 0. The summed E-state index contributed by atoms with van der Waals surface area (Å²) in [7, 11) is 0. The lowest BCUT2D eigenvalue weighted by Crippen LogP contribution is -2.18. The Morgan fingerprint density at radius 1 is 0.957 bits per heavy atom. The van der Waals surface area contributed by atoms with Crippen LogP contribution in [-0.4, -0.2) is 23.3 Å². The van der Waals surface area contributed by atoms with Crippen LogP contribution in [0.1, 0.15) is 5.56 Å². The number of aryl methyl sites for hydroxylation is 1. The van der Waals surface area contributed by atoms with E-state index in [1.165, 1.54) is 11.8 Å². The van der Waals surface area contributed by atoms with Crippen molar-refractivity contribution in [2.45, 2.75) is 6.92 Å². The van der Waals surface area contributed by atoms with Crippen molar-refractivity contribution in [2.75, 3.05) is 22.1 Å². The van der Waals surface area contributed by atoms with E-state index >= 15 is 0 Å². The number of amides is 2. The molecule has 2 aromatic carbocycles. The molecule has 2 N–H and O–H groups in total. The molecular formula is C17H17BrN2O2S. The van der Waals surface area contributed by atoms with E-state index in [1.807, 2.05) is 55.5 Å². The number of benzene rings is 2. The lowest BCUT2D eigenvalue weighted by Gasteiger charge is -2.07. The number of nitrogens with one attached hydrogen (secondary N) is 2. The molecule has 0 bridgehead atoms. The molecule has 0 saturated heterocycles. The van der Waals surface area contributed by atoms with E-state index in [2.05, 4.69) is 26.6 Å². The van der Waals surface area contributed by atoms with Crippen LogP contribution in [0.25, 0.3) is 0 Å². The van der Waals surface area contributed by atoms with Gasteiger partial charge in [-0.1, -0.05) is 34.1 Å². The zero-order valence-electron chi connectivity index (χ0n) is 12.6. The summed E-state index contributed by atoms with van der Waals surface area (Å²) in [4.78, 5) is 23.7. The lowest BCUT2D eigenvalue weighted by molar-refractivity contribution is -0.114. The molecule has 0 atom stereocenters. The topological polar surface area (TPSA) is 58.2 Å². The van der Waals surface area contributed by atoms with Crippen molar-refractivity contribution in [1.82, 2.24) is 0 Å². The Bertz CT molecular complexity index is 647.